The molecule has 2 rings (SSSR count). The standard InChI is InChI=1S/C15H19FN2O/c1-10-7-15(13(11(2)17)8-14(10)16)18(3)9-12-5-4-6-19-12/h4-8,11H,9,17H2,1-3H3/t11-/m1/s1. The molecule has 0 fully saturated rings. The van der Waals surface area contributed by atoms with Gasteiger partial charge in [0.05, 0.1) is 12.8 Å². The lowest BCUT2D eigenvalue weighted by atomic mass is 10.0. The van der Waals surface area contributed by atoms with E-state index in [0.717, 1.165) is 17.0 Å². The van der Waals surface area contributed by atoms with Crippen LogP contribution in [0.4, 0.5) is 10.1 Å². The summed E-state index contributed by atoms with van der Waals surface area (Å²) in [6, 6.07) is 6.90. The number of aryl methyl sites for hydroxylation is 1. The zero-order valence-electron chi connectivity index (χ0n) is 11.5. The Kier molecular flexibility index (Phi) is 3.90. The Balaban J connectivity index is 2.34. The van der Waals surface area contributed by atoms with Gasteiger partial charge in [-0.05, 0) is 49.2 Å². The van der Waals surface area contributed by atoms with Gasteiger partial charge in [0.2, 0.25) is 0 Å². The summed E-state index contributed by atoms with van der Waals surface area (Å²) >= 11 is 0. The molecule has 3 nitrogen and oxygen atoms in total. The van der Waals surface area contributed by atoms with Crippen molar-refractivity contribution in [2.75, 3.05) is 11.9 Å². The van der Waals surface area contributed by atoms with Crippen LogP contribution in [-0.4, -0.2) is 7.05 Å². The SMILES string of the molecule is Cc1cc(N(C)Cc2ccco2)c([C@@H](C)N)cc1F. The van der Waals surface area contributed by atoms with E-state index in [9.17, 15) is 4.39 Å². The molecule has 1 atom stereocenters. The van der Waals surface area contributed by atoms with Gasteiger partial charge in [0.1, 0.15) is 11.6 Å². The molecular weight excluding hydrogens is 243 g/mol. The van der Waals surface area contributed by atoms with Crippen LogP contribution in [0.2, 0.25) is 0 Å². The van der Waals surface area contributed by atoms with Gasteiger partial charge < -0.3 is 15.1 Å². The molecule has 1 aromatic heterocycles. The van der Waals surface area contributed by atoms with Crippen molar-refractivity contribution in [1.82, 2.24) is 0 Å². The molecule has 0 aliphatic carbocycles. The number of hydrogen-bond acceptors (Lipinski definition) is 3. The molecule has 0 aliphatic heterocycles. The van der Waals surface area contributed by atoms with Gasteiger partial charge in [-0.3, -0.25) is 0 Å². The van der Waals surface area contributed by atoms with Gasteiger partial charge in [0.25, 0.3) is 0 Å². The predicted octanol–water partition coefficient (Wildman–Crippen LogP) is 3.38. The minimum absolute atomic E-state index is 0.218. The lowest BCUT2D eigenvalue weighted by molar-refractivity contribution is 0.507. The minimum atomic E-state index is -0.220. The highest BCUT2D eigenvalue weighted by atomic mass is 19.1. The first-order valence-corrected chi connectivity index (χ1v) is 6.28. The van der Waals surface area contributed by atoms with Crippen molar-refractivity contribution in [3.05, 3.63) is 53.2 Å². The first kappa shape index (κ1) is 13.6. The first-order chi connectivity index (χ1) is 8.99. The van der Waals surface area contributed by atoms with Crippen LogP contribution < -0.4 is 10.6 Å². The van der Waals surface area contributed by atoms with E-state index in [1.807, 2.05) is 37.1 Å². The Morgan fingerprint density at radius 3 is 2.74 bits per heavy atom. The van der Waals surface area contributed by atoms with Crippen LogP contribution in [0.1, 0.15) is 29.9 Å². The van der Waals surface area contributed by atoms with Gasteiger partial charge in [-0.25, -0.2) is 4.39 Å². The molecule has 2 N–H and O–H groups in total. The molecular formula is C15H19FN2O. The average molecular weight is 262 g/mol. The van der Waals surface area contributed by atoms with Crippen LogP contribution in [0.3, 0.4) is 0 Å². The van der Waals surface area contributed by atoms with Crippen LogP contribution in [0.5, 0.6) is 0 Å². The Morgan fingerprint density at radius 2 is 2.16 bits per heavy atom. The van der Waals surface area contributed by atoms with Crippen LogP contribution in [0.25, 0.3) is 0 Å². The number of benzene rings is 1. The first-order valence-electron chi connectivity index (χ1n) is 6.28. The molecule has 0 saturated heterocycles. The fourth-order valence-electron chi connectivity index (χ4n) is 2.10. The summed E-state index contributed by atoms with van der Waals surface area (Å²) in [6.07, 6.45) is 1.64. The molecule has 0 aliphatic rings. The molecule has 2 aromatic rings. The largest absolute Gasteiger partial charge is 0.467 e. The van der Waals surface area contributed by atoms with Gasteiger partial charge in [-0.15, -0.1) is 0 Å². The van der Waals surface area contributed by atoms with Crippen LogP contribution in [-0.2, 0) is 6.54 Å². The summed E-state index contributed by atoms with van der Waals surface area (Å²) < 4.78 is 19.0. The third kappa shape index (κ3) is 2.96. The van der Waals surface area contributed by atoms with Crippen molar-refractivity contribution in [1.29, 1.82) is 0 Å². The van der Waals surface area contributed by atoms with E-state index in [1.165, 1.54) is 6.07 Å². The monoisotopic (exact) mass is 262 g/mol. The predicted molar refractivity (Wildman–Crippen MR) is 74.6 cm³/mol. The molecule has 0 saturated carbocycles. The van der Waals surface area contributed by atoms with Crippen molar-refractivity contribution in [3.8, 4) is 0 Å². The van der Waals surface area contributed by atoms with E-state index in [2.05, 4.69) is 0 Å². The fourth-order valence-corrected chi connectivity index (χ4v) is 2.10. The quantitative estimate of drug-likeness (QED) is 0.918. The molecule has 1 heterocycles. The number of nitrogens with zero attached hydrogens (tertiary/aromatic N) is 1. The number of halogens is 1. The highest BCUT2D eigenvalue weighted by Gasteiger charge is 2.15. The second-order valence-corrected chi connectivity index (χ2v) is 4.88. The Morgan fingerprint density at radius 1 is 1.42 bits per heavy atom. The van der Waals surface area contributed by atoms with E-state index < -0.39 is 0 Å². The third-order valence-corrected chi connectivity index (χ3v) is 3.18. The molecule has 0 bridgehead atoms. The van der Waals surface area contributed by atoms with Crippen molar-refractivity contribution < 1.29 is 8.81 Å². The molecule has 0 radical (unpaired) electrons. The molecule has 102 valence electrons. The number of anilines is 1. The highest BCUT2D eigenvalue weighted by molar-refractivity contribution is 5.56. The van der Waals surface area contributed by atoms with E-state index >= 15 is 0 Å². The van der Waals surface area contributed by atoms with E-state index in [4.69, 9.17) is 10.2 Å². The second kappa shape index (κ2) is 5.45. The topological polar surface area (TPSA) is 42.4 Å². The number of furan rings is 1. The smallest absolute Gasteiger partial charge is 0.126 e. The van der Waals surface area contributed by atoms with E-state index in [-0.39, 0.29) is 11.9 Å². The Bertz CT molecular complexity index is 550. The second-order valence-electron chi connectivity index (χ2n) is 4.88. The van der Waals surface area contributed by atoms with Gasteiger partial charge in [0.15, 0.2) is 0 Å². The maximum Gasteiger partial charge on any atom is 0.126 e. The van der Waals surface area contributed by atoms with Crippen LogP contribution in [0, 0.1) is 12.7 Å². The van der Waals surface area contributed by atoms with E-state index in [0.29, 0.717) is 12.1 Å². The maximum atomic E-state index is 13.7. The summed E-state index contributed by atoms with van der Waals surface area (Å²) in [5.74, 6) is 0.641. The molecule has 1 aromatic carbocycles. The maximum absolute atomic E-state index is 13.7. The third-order valence-electron chi connectivity index (χ3n) is 3.18. The molecule has 0 spiro atoms. The summed E-state index contributed by atoms with van der Waals surface area (Å²) in [7, 11) is 1.95. The van der Waals surface area contributed by atoms with Crippen molar-refractivity contribution in [2.45, 2.75) is 26.4 Å². The minimum Gasteiger partial charge on any atom is -0.467 e. The lowest BCUT2D eigenvalue weighted by Crippen LogP contribution is -2.20. The number of rotatable bonds is 4. The fraction of sp³-hybridized carbons (Fsp3) is 0.333. The van der Waals surface area contributed by atoms with Gasteiger partial charge in [-0.1, -0.05) is 0 Å². The molecule has 4 heteroatoms. The zero-order valence-corrected chi connectivity index (χ0v) is 11.5. The van der Waals surface area contributed by atoms with Crippen molar-refractivity contribution >= 4 is 5.69 Å². The van der Waals surface area contributed by atoms with Crippen LogP contribution >= 0.6 is 0 Å². The number of hydrogen-bond donors (Lipinski definition) is 1. The summed E-state index contributed by atoms with van der Waals surface area (Å²) in [5, 5.41) is 0. The molecule has 0 unspecified atom stereocenters. The van der Waals surface area contributed by atoms with Gasteiger partial charge in [-0.2, -0.15) is 0 Å². The Labute approximate surface area is 112 Å². The summed E-state index contributed by atoms with van der Waals surface area (Å²) in [6.45, 7) is 4.23. The summed E-state index contributed by atoms with van der Waals surface area (Å²) in [5.41, 5.74) is 8.28. The number of nitrogens with two attached hydrogens (primary N) is 1. The molecule has 19 heavy (non-hydrogen) atoms. The molecule has 0 amide bonds. The highest BCUT2D eigenvalue weighted by Crippen LogP contribution is 2.28. The van der Waals surface area contributed by atoms with Gasteiger partial charge >= 0.3 is 0 Å². The van der Waals surface area contributed by atoms with Crippen molar-refractivity contribution in [3.63, 3.8) is 0 Å². The average Bonchev–Trinajstić information content (AvgIpc) is 2.84. The summed E-state index contributed by atoms with van der Waals surface area (Å²) in [4.78, 5) is 2.02. The lowest BCUT2D eigenvalue weighted by Gasteiger charge is -2.24. The van der Waals surface area contributed by atoms with E-state index in [1.54, 1.807) is 13.2 Å². The Hall–Kier alpha value is -1.81. The zero-order chi connectivity index (χ0) is 14.0. The normalized spacial score (nSPS) is 12.5. The van der Waals surface area contributed by atoms with Crippen LogP contribution in [0.15, 0.2) is 34.9 Å². The van der Waals surface area contributed by atoms with Crippen molar-refractivity contribution in [2.24, 2.45) is 5.73 Å². The van der Waals surface area contributed by atoms with Gasteiger partial charge in [0, 0.05) is 18.8 Å².